The lowest BCUT2D eigenvalue weighted by atomic mass is 10.00. The predicted molar refractivity (Wildman–Crippen MR) is 87.9 cm³/mol. The summed E-state index contributed by atoms with van der Waals surface area (Å²) < 4.78 is 29.5. The smallest absolute Gasteiger partial charge is 0.297 e. The third-order valence-electron chi connectivity index (χ3n) is 4.71. The molecule has 0 spiro atoms. The number of rotatable bonds is 4. The molecular formula is C16H22ClNO5S. The van der Waals surface area contributed by atoms with Crippen molar-refractivity contribution in [3.63, 3.8) is 0 Å². The van der Waals surface area contributed by atoms with Crippen LogP contribution in [0.4, 0.5) is 4.79 Å². The number of benzene rings is 1. The van der Waals surface area contributed by atoms with Crippen molar-refractivity contribution in [1.82, 2.24) is 0 Å². The SMILES string of the molecule is CC(C)(C)[N+]1(C(=O)[O-])CCC[C@H]1COS(=O)(=O)c1ccc(Cl)cc1. The minimum atomic E-state index is -3.97. The zero-order valence-electron chi connectivity index (χ0n) is 14.0. The molecular weight excluding hydrogens is 354 g/mol. The van der Waals surface area contributed by atoms with Crippen LogP contribution in [0.15, 0.2) is 29.2 Å². The summed E-state index contributed by atoms with van der Waals surface area (Å²) in [5.74, 6) is 0. The fourth-order valence-corrected chi connectivity index (χ4v) is 4.49. The Kier molecular flexibility index (Phi) is 5.30. The highest BCUT2D eigenvalue weighted by Crippen LogP contribution is 2.37. The number of hydrogen-bond acceptors (Lipinski definition) is 5. The Hall–Kier alpha value is -1.15. The summed E-state index contributed by atoms with van der Waals surface area (Å²) >= 11 is 5.75. The first-order valence-electron chi connectivity index (χ1n) is 7.75. The first kappa shape index (κ1) is 19.2. The van der Waals surface area contributed by atoms with Crippen LogP contribution in [-0.4, -0.2) is 43.7 Å². The third-order valence-corrected chi connectivity index (χ3v) is 6.26. The van der Waals surface area contributed by atoms with E-state index in [9.17, 15) is 18.3 Å². The third kappa shape index (κ3) is 3.44. The first-order valence-corrected chi connectivity index (χ1v) is 9.54. The van der Waals surface area contributed by atoms with E-state index in [1.807, 2.05) is 20.8 Å². The molecule has 2 atom stereocenters. The van der Waals surface area contributed by atoms with Gasteiger partial charge in [-0.2, -0.15) is 8.42 Å². The molecule has 1 fully saturated rings. The summed E-state index contributed by atoms with van der Waals surface area (Å²) in [6.45, 7) is 5.65. The fraction of sp³-hybridized carbons (Fsp3) is 0.562. The van der Waals surface area contributed by atoms with E-state index >= 15 is 0 Å². The predicted octanol–water partition coefficient (Wildman–Crippen LogP) is 2.17. The van der Waals surface area contributed by atoms with Crippen LogP contribution in [0.2, 0.25) is 5.02 Å². The number of amides is 1. The molecule has 0 aromatic heterocycles. The molecule has 134 valence electrons. The Morgan fingerprint density at radius 2 is 1.92 bits per heavy atom. The summed E-state index contributed by atoms with van der Waals surface area (Å²) in [7, 11) is -3.97. The van der Waals surface area contributed by atoms with Gasteiger partial charge in [-0.15, -0.1) is 0 Å². The Balaban J connectivity index is 2.21. The van der Waals surface area contributed by atoms with Crippen molar-refractivity contribution in [3.05, 3.63) is 29.3 Å². The van der Waals surface area contributed by atoms with Gasteiger partial charge >= 0.3 is 0 Å². The van der Waals surface area contributed by atoms with Crippen molar-refractivity contribution in [2.45, 2.75) is 50.1 Å². The normalized spacial score (nSPS) is 24.9. The zero-order valence-corrected chi connectivity index (χ0v) is 15.6. The average molecular weight is 376 g/mol. The molecule has 1 unspecified atom stereocenters. The molecule has 0 saturated carbocycles. The van der Waals surface area contributed by atoms with Gasteiger partial charge in [-0.3, -0.25) is 8.67 Å². The quantitative estimate of drug-likeness (QED) is 0.594. The molecule has 8 heteroatoms. The van der Waals surface area contributed by atoms with Crippen molar-refractivity contribution in [2.75, 3.05) is 13.2 Å². The van der Waals surface area contributed by atoms with Crippen LogP contribution in [0.25, 0.3) is 0 Å². The van der Waals surface area contributed by atoms with Crippen molar-refractivity contribution in [3.8, 4) is 0 Å². The highest BCUT2D eigenvalue weighted by molar-refractivity contribution is 7.86. The van der Waals surface area contributed by atoms with Crippen LogP contribution in [0, 0.1) is 0 Å². The largest absolute Gasteiger partial charge is 0.498 e. The lowest BCUT2D eigenvalue weighted by molar-refractivity contribution is -0.930. The van der Waals surface area contributed by atoms with Gasteiger partial charge in [0.05, 0.1) is 17.0 Å². The van der Waals surface area contributed by atoms with Crippen molar-refractivity contribution in [2.24, 2.45) is 0 Å². The van der Waals surface area contributed by atoms with Crippen molar-refractivity contribution < 1.29 is 27.0 Å². The second-order valence-electron chi connectivity index (χ2n) is 7.02. The lowest BCUT2D eigenvalue weighted by Gasteiger charge is -2.48. The molecule has 1 amide bonds. The summed E-state index contributed by atoms with van der Waals surface area (Å²) in [6.07, 6.45) is 0.0549. The molecule has 6 nitrogen and oxygen atoms in total. The number of halogens is 1. The van der Waals surface area contributed by atoms with Gasteiger partial charge in [-0.25, -0.2) is 0 Å². The molecule has 0 radical (unpaired) electrons. The Morgan fingerprint density at radius 1 is 1.33 bits per heavy atom. The number of nitrogens with zero attached hydrogens (tertiary/aromatic N) is 1. The van der Waals surface area contributed by atoms with Crippen LogP contribution in [0.1, 0.15) is 33.6 Å². The van der Waals surface area contributed by atoms with Crippen LogP contribution in [0.5, 0.6) is 0 Å². The van der Waals surface area contributed by atoms with Gasteiger partial charge in [0.15, 0.2) is 0 Å². The molecule has 0 aliphatic carbocycles. The lowest BCUT2D eigenvalue weighted by Crippen LogP contribution is -2.70. The number of likely N-dealkylation sites (tertiary alicyclic amines) is 1. The zero-order chi connectivity index (χ0) is 18.2. The van der Waals surface area contributed by atoms with Crippen molar-refractivity contribution in [1.29, 1.82) is 0 Å². The second kappa shape index (κ2) is 6.63. The fourth-order valence-electron chi connectivity index (χ4n) is 3.42. The summed E-state index contributed by atoms with van der Waals surface area (Å²) in [5, 5.41) is 12.3. The van der Waals surface area contributed by atoms with Gasteiger partial charge in [-0.05, 0) is 45.0 Å². The molecule has 1 saturated heterocycles. The Bertz CT molecular complexity index is 711. The molecule has 1 aromatic rings. The molecule has 1 aliphatic heterocycles. The monoisotopic (exact) mass is 375 g/mol. The molecule has 1 aliphatic rings. The van der Waals surface area contributed by atoms with Crippen LogP contribution in [0.3, 0.4) is 0 Å². The van der Waals surface area contributed by atoms with E-state index in [4.69, 9.17) is 15.8 Å². The second-order valence-corrected chi connectivity index (χ2v) is 9.07. The number of carboxylic acid groups (broad SMARTS) is 1. The number of carbonyl (C=O) groups is 1. The van der Waals surface area contributed by atoms with Gasteiger partial charge < -0.3 is 9.90 Å². The molecule has 1 heterocycles. The van der Waals surface area contributed by atoms with E-state index in [1.165, 1.54) is 24.3 Å². The Labute approximate surface area is 147 Å². The average Bonchev–Trinajstić information content (AvgIpc) is 2.90. The minimum absolute atomic E-state index is 0.00722. The van der Waals surface area contributed by atoms with E-state index in [1.54, 1.807) is 0 Å². The van der Waals surface area contributed by atoms with Gasteiger partial charge in [0, 0.05) is 17.9 Å². The van der Waals surface area contributed by atoms with Gasteiger partial charge in [0.25, 0.3) is 16.2 Å². The van der Waals surface area contributed by atoms with Crippen molar-refractivity contribution >= 4 is 27.8 Å². The van der Waals surface area contributed by atoms with Gasteiger partial charge in [0.2, 0.25) is 0 Å². The highest BCUT2D eigenvalue weighted by atomic mass is 35.5. The van der Waals surface area contributed by atoms with Gasteiger partial charge in [-0.1, -0.05) is 11.6 Å². The molecule has 0 bridgehead atoms. The Morgan fingerprint density at radius 3 is 2.42 bits per heavy atom. The van der Waals surface area contributed by atoms with E-state index in [-0.39, 0.29) is 16.0 Å². The maximum Gasteiger partial charge on any atom is 0.297 e. The summed E-state index contributed by atoms with van der Waals surface area (Å²) in [5.41, 5.74) is -0.618. The number of hydrogen-bond donors (Lipinski definition) is 0. The van der Waals surface area contributed by atoms with E-state index < -0.39 is 27.8 Å². The first-order chi connectivity index (χ1) is 11.0. The summed E-state index contributed by atoms with van der Waals surface area (Å²) in [4.78, 5) is 11.8. The standard InChI is InChI=1S/C16H22ClNO5S/c1-16(2,3)18(15(19)20)10-4-5-13(18)11-23-24(21,22)14-8-6-12(17)7-9-14/h6-9,13H,4-5,10-11H2,1-3H3/t13-,18?/m0/s1. The molecule has 24 heavy (non-hydrogen) atoms. The molecule has 1 aromatic carbocycles. The van der Waals surface area contributed by atoms with E-state index in [2.05, 4.69) is 0 Å². The van der Waals surface area contributed by atoms with Crippen LogP contribution >= 0.6 is 11.6 Å². The topological polar surface area (TPSA) is 83.5 Å². The summed E-state index contributed by atoms with van der Waals surface area (Å²) in [6, 6.07) is 5.17. The number of carbonyl (C=O) groups excluding carboxylic acids is 1. The maximum atomic E-state index is 12.3. The number of quaternary nitrogens is 1. The minimum Gasteiger partial charge on any atom is -0.498 e. The molecule has 2 rings (SSSR count). The maximum absolute atomic E-state index is 12.3. The molecule has 0 N–H and O–H groups in total. The van der Waals surface area contributed by atoms with Crippen LogP contribution in [-0.2, 0) is 14.3 Å². The highest BCUT2D eigenvalue weighted by Gasteiger charge is 2.52. The van der Waals surface area contributed by atoms with Gasteiger partial charge in [0.1, 0.15) is 12.6 Å². The van der Waals surface area contributed by atoms with E-state index in [0.717, 1.165) is 0 Å². The van der Waals surface area contributed by atoms with E-state index in [0.29, 0.717) is 24.4 Å². The van der Waals surface area contributed by atoms with Crippen LogP contribution < -0.4 is 5.11 Å².